The molecule has 0 aromatic heterocycles. The summed E-state index contributed by atoms with van der Waals surface area (Å²) in [5.41, 5.74) is -0.531. The molecular formula is C18H16O8. The van der Waals surface area contributed by atoms with Crippen LogP contribution in [0.25, 0.3) is 10.8 Å². The molecule has 0 bridgehead atoms. The van der Waals surface area contributed by atoms with Gasteiger partial charge in [-0.2, -0.15) is 0 Å². The first kappa shape index (κ1) is 18.9. The summed E-state index contributed by atoms with van der Waals surface area (Å²) in [6, 6.07) is 5.39. The summed E-state index contributed by atoms with van der Waals surface area (Å²) < 4.78 is 14.6. The zero-order valence-corrected chi connectivity index (χ0v) is 14.3. The van der Waals surface area contributed by atoms with Crippen molar-refractivity contribution in [2.45, 2.75) is 20.3 Å². The third-order valence-electron chi connectivity index (χ3n) is 3.35. The molecule has 0 heterocycles. The Morgan fingerprint density at radius 2 is 1.69 bits per heavy atom. The van der Waals surface area contributed by atoms with Crippen LogP contribution in [0.3, 0.4) is 0 Å². The first-order valence-corrected chi connectivity index (χ1v) is 7.49. The highest BCUT2D eigenvalue weighted by atomic mass is 16.6. The summed E-state index contributed by atoms with van der Waals surface area (Å²) in [6.07, 6.45) is -0.179. The molecule has 0 unspecified atom stereocenters. The van der Waals surface area contributed by atoms with Gasteiger partial charge in [0.05, 0.1) is 18.9 Å². The van der Waals surface area contributed by atoms with Crippen LogP contribution in [0.1, 0.15) is 19.4 Å². The third-order valence-corrected chi connectivity index (χ3v) is 3.35. The van der Waals surface area contributed by atoms with Gasteiger partial charge in [-0.3, -0.25) is 19.2 Å². The van der Waals surface area contributed by atoms with Crippen molar-refractivity contribution >= 4 is 28.7 Å². The molecular weight excluding hydrogens is 344 g/mol. The van der Waals surface area contributed by atoms with Gasteiger partial charge in [0.2, 0.25) is 5.43 Å². The van der Waals surface area contributed by atoms with Gasteiger partial charge in [0, 0.05) is 13.8 Å². The van der Waals surface area contributed by atoms with E-state index >= 15 is 0 Å². The van der Waals surface area contributed by atoms with Gasteiger partial charge in [0.15, 0.2) is 17.2 Å². The molecule has 0 aliphatic carbocycles. The molecule has 26 heavy (non-hydrogen) atoms. The van der Waals surface area contributed by atoms with E-state index < -0.39 is 29.1 Å². The molecule has 0 atom stereocenters. The molecule has 0 amide bonds. The number of ether oxygens (including phenoxy) is 3. The molecule has 0 saturated carbocycles. The number of benzene rings is 1. The minimum atomic E-state index is -0.846. The number of carbonyl (C=O) groups is 3. The summed E-state index contributed by atoms with van der Waals surface area (Å²) in [4.78, 5) is 46.8. The zero-order chi connectivity index (χ0) is 19.4. The SMILES string of the molecule is COC(=O)Cc1cc(O)c(=O)c2c(OC(C)=O)c(OC(C)=O)ccc2c1. The maximum Gasteiger partial charge on any atom is 0.309 e. The molecule has 2 aromatic carbocycles. The van der Waals surface area contributed by atoms with E-state index in [2.05, 4.69) is 4.74 Å². The lowest BCUT2D eigenvalue weighted by atomic mass is 10.1. The number of hydrogen-bond donors (Lipinski definition) is 1. The van der Waals surface area contributed by atoms with Crippen molar-refractivity contribution in [3.8, 4) is 17.2 Å². The second kappa shape index (κ2) is 7.64. The monoisotopic (exact) mass is 360 g/mol. The van der Waals surface area contributed by atoms with E-state index in [1.165, 1.54) is 25.3 Å². The fourth-order valence-electron chi connectivity index (χ4n) is 2.37. The van der Waals surface area contributed by atoms with E-state index in [1.54, 1.807) is 0 Å². The Morgan fingerprint density at radius 3 is 2.27 bits per heavy atom. The Bertz CT molecular complexity index is 961. The smallest absolute Gasteiger partial charge is 0.309 e. The Morgan fingerprint density at radius 1 is 1.04 bits per heavy atom. The highest BCUT2D eigenvalue weighted by molar-refractivity contribution is 5.94. The van der Waals surface area contributed by atoms with Crippen molar-refractivity contribution in [2.24, 2.45) is 0 Å². The minimum Gasteiger partial charge on any atom is -0.504 e. The number of aromatic hydroxyl groups is 1. The average molecular weight is 360 g/mol. The fraction of sp³-hybridized carbons (Fsp3) is 0.222. The molecule has 2 rings (SSSR count). The van der Waals surface area contributed by atoms with Gasteiger partial charge in [-0.05, 0) is 23.1 Å². The Kier molecular flexibility index (Phi) is 5.56. The van der Waals surface area contributed by atoms with Crippen LogP contribution in [-0.2, 0) is 25.5 Å². The Labute approximate surface area is 147 Å². The van der Waals surface area contributed by atoms with E-state index in [0.717, 1.165) is 19.9 Å². The minimum absolute atomic E-state index is 0.141. The summed E-state index contributed by atoms with van der Waals surface area (Å²) >= 11 is 0. The first-order valence-electron chi connectivity index (χ1n) is 7.49. The Hall–Kier alpha value is -3.42. The molecule has 0 fully saturated rings. The van der Waals surface area contributed by atoms with Crippen molar-refractivity contribution < 1.29 is 33.7 Å². The standard InChI is InChI=1S/C18H16O8/c1-9(19)25-14-5-4-12-6-11(8-15(22)24-3)7-13(21)17(23)16(12)18(14)26-10(2)20/h4-7H,8H2,1-3H3,(H,21,23). The van der Waals surface area contributed by atoms with Gasteiger partial charge in [0.25, 0.3) is 0 Å². The quantitative estimate of drug-likeness (QED) is 0.644. The molecule has 0 spiro atoms. The average Bonchev–Trinajstić information content (AvgIpc) is 2.66. The third kappa shape index (κ3) is 4.15. The van der Waals surface area contributed by atoms with Gasteiger partial charge >= 0.3 is 17.9 Å². The number of esters is 3. The molecule has 1 N–H and O–H groups in total. The predicted molar refractivity (Wildman–Crippen MR) is 90.2 cm³/mol. The van der Waals surface area contributed by atoms with Crippen molar-refractivity contribution in [1.82, 2.24) is 0 Å². The van der Waals surface area contributed by atoms with Crippen LogP contribution in [0, 0.1) is 0 Å². The lowest BCUT2D eigenvalue weighted by molar-refractivity contribution is -0.139. The number of fused-ring (bicyclic) bond motifs is 1. The van der Waals surface area contributed by atoms with Crippen molar-refractivity contribution in [3.63, 3.8) is 0 Å². The maximum absolute atomic E-state index is 12.6. The van der Waals surface area contributed by atoms with Gasteiger partial charge in [-0.25, -0.2) is 0 Å². The van der Waals surface area contributed by atoms with Crippen LogP contribution in [-0.4, -0.2) is 30.1 Å². The lowest BCUT2D eigenvalue weighted by Crippen LogP contribution is -2.10. The molecule has 0 radical (unpaired) electrons. The summed E-state index contributed by atoms with van der Waals surface area (Å²) in [5, 5.41) is 10.2. The van der Waals surface area contributed by atoms with Crippen LogP contribution < -0.4 is 14.9 Å². The fourth-order valence-corrected chi connectivity index (χ4v) is 2.37. The van der Waals surface area contributed by atoms with E-state index in [9.17, 15) is 24.3 Å². The largest absolute Gasteiger partial charge is 0.504 e. The van der Waals surface area contributed by atoms with Gasteiger partial charge in [0.1, 0.15) is 0 Å². The molecule has 8 nitrogen and oxygen atoms in total. The van der Waals surface area contributed by atoms with Crippen LogP contribution in [0.5, 0.6) is 17.2 Å². The van der Waals surface area contributed by atoms with Crippen LogP contribution in [0.2, 0.25) is 0 Å². The highest BCUT2D eigenvalue weighted by Crippen LogP contribution is 2.35. The molecule has 136 valence electrons. The lowest BCUT2D eigenvalue weighted by Gasteiger charge is -2.10. The topological polar surface area (TPSA) is 116 Å². The van der Waals surface area contributed by atoms with Crippen LogP contribution in [0.4, 0.5) is 0 Å². The summed E-state index contributed by atoms with van der Waals surface area (Å²) in [7, 11) is 1.21. The van der Waals surface area contributed by atoms with E-state index in [4.69, 9.17) is 9.47 Å². The maximum atomic E-state index is 12.6. The van der Waals surface area contributed by atoms with E-state index in [1.807, 2.05) is 0 Å². The van der Waals surface area contributed by atoms with Crippen molar-refractivity contribution in [2.75, 3.05) is 7.11 Å². The second-order valence-corrected chi connectivity index (χ2v) is 5.38. The normalized spacial score (nSPS) is 10.3. The second-order valence-electron chi connectivity index (χ2n) is 5.38. The zero-order valence-electron chi connectivity index (χ0n) is 14.3. The molecule has 0 aliphatic heterocycles. The Balaban J connectivity index is 2.84. The first-order chi connectivity index (χ1) is 12.2. The predicted octanol–water partition coefficient (Wildman–Crippen LogP) is 1.47. The number of methoxy groups -OCH3 is 1. The summed E-state index contributed by atoms with van der Waals surface area (Å²) in [5.74, 6) is -3.07. The molecule has 0 saturated heterocycles. The van der Waals surface area contributed by atoms with Gasteiger partial charge < -0.3 is 19.3 Å². The van der Waals surface area contributed by atoms with E-state index in [0.29, 0.717) is 5.56 Å². The number of hydrogen-bond acceptors (Lipinski definition) is 8. The van der Waals surface area contributed by atoms with Crippen LogP contribution >= 0.6 is 0 Å². The van der Waals surface area contributed by atoms with E-state index in [-0.39, 0.29) is 28.7 Å². The van der Waals surface area contributed by atoms with Gasteiger partial charge in [-0.15, -0.1) is 0 Å². The van der Waals surface area contributed by atoms with Crippen molar-refractivity contribution in [1.29, 1.82) is 0 Å². The number of carbonyl (C=O) groups excluding carboxylic acids is 3. The highest BCUT2D eigenvalue weighted by Gasteiger charge is 2.19. The van der Waals surface area contributed by atoms with Crippen molar-refractivity contribution in [3.05, 3.63) is 40.1 Å². The summed E-state index contributed by atoms with van der Waals surface area (Å²) in [6.45, 7) is 2.27. The van der Waals surface area contributed by atoms with Crippen LogP contribution in [0.15, 0.2) is 29.1 Å². The molecule has 2 aromatic rings. The molecule has 8 heteroatoms. The van der Waals surface area contributed by atoms with Gasteiger partial charge in [-0.1, -0.05) is 12.1 Å². The number of rotatable bonds is 4. The molecule has 0 aliphatic rings.